The van der Waals surface area contributed by atoms with Crippen LogP contribution >= 0.6 is 0 Å². The summed E-state index contributed by atoms with van der Waals surface area (Å²) in [4.78, 5) is 12.6. The average Bonchev–Trinajstić information content (AvgIpc) is 2.23. The van der Waals surface area contributed by atoms with Crippen molar-refractivity contribution in [1.82, 2.24) is 4.90 Å². The highest BCUT2D eigenvalue weighted by molar-refractivity contribution is 5.69. The van der Waals surface area contributed by atoms with Crippen LogP contribution in [0, 0.1) is 5.92 Å². The Bertz CT molecular complexity index is 204. The standard InChI is InChI=1S/C13H25NO2/c1-4-7-8-12(6-3)10-14(9-5-2)11-13(15)16/h5,12H,2,4,6-11H2,1,3H3,(H,15,16). The Labute approximate surface area is 99.1 Å². The molecule has 1 atom stereocenters. The monoisotopic (exact) mass is 227 g/mol. The summed E-state index contributed by atoms with van der Waals surface area (Å²) in [5, 5.41) is 8.80. The number of nitrogens with zero attached hydrogens (tertiary/aromatic N) is 1. The molecule has 0 heterocycles. The molecule has 0 aromatic carbocycles. The molecule has 0 amide bonds. The molecule has 0 rings (SSSR count). The van der Waals surface area contributed by atoms with Gasteiger partial charge in [-0.3, -0.25) is 9.69 Å². The molecule has 0 saturated carbocycles. The van der Waals surface area contributed by atoms with Gasteiger partial charge in [-0.25, -0.2) is 0 Å². The lowest BCUT2D eigenvalue weighted by molar-refractivity contribution is -0.138. The molecule has 0 aromatic heterocycles. The topological polar surface area (TPSA) is 40.5 Å². The van der Waals surface area contributed by atoms with Gasteiger partial charge in [-0.15, -0.1) is 6.58 Å². The van der Waals surface area contributed by atoms with E-state index in [1.165, 1.54) is 19.3 Å². The van der Waals surface area contributed by atoms with Crippen molar-refractivity contribution in [3.8, 4) is 0 Å². The molecular formula is C13H25NO2. The minimum absolute atomic E-state index is 0.120. The van der Waals surface area contributed by atoms with Gasteiger partial charge in [0.05, 0.1) is 6.54 Å². The third-order valence-corrected chi connectivity index (χ3v) is 2.81. The van der Waals surface area contributed by atoms with E-state index < -0.39 is 5.97 Å². The first-order chi connectivity index (χ1) is 7.63. The Balaban J connectivity index is 4.10. The normalized spacial score (nSPS) is 12.7. The molecule has 0 spiro atoms. The predicted octanol–water partition coefficient (Wildman–Crippen LogP) is 2.78. The summed E-state index contributed by atoms with van der Waals surface area (Å²) in [5.74, 6) is -0.147. The van der Waals surface area contributed by atoms with Crippen LogP contribution in [-0.2, 0) is 4.79 Å². The Kier molecular flexibility index (Phi) is 8.91. The van der Waals surface area contributed by atoms with E-state index in [1.54, 1.807) is 6.08 Å². The van der Waals surface area contributed by atoms with Gasteiger partial charge < -0.3 is 5.11 Å². The van der Waals surface area contributed by atoms with E-state index in [-0.39, 0.29) is 6.54 Å². The quantitative estimate of drug-likeness (QED) is 0.583. The molecule has 0 aliphatic rings. The molecule has 0 fully saturated rings. The van der Waals surface area contributed by atoms with E-state index >= 15 is 0 Å². The van der Waals surface area contributed by atoms with Crippen LogP contribution in [0.3, 0.4) is 0 Å². The number of rotatable bonds is 10. The zero-order chi connectivity index (χ0) is 12.4. The molecule has 0 aliphatic carbocycles. The summed E-state index contributed by atoms with van der Waals surface area (Å²) in [6.07, 6.45) is 6.52. The Morgan fingerprint density at radius 3 is 2.62 bits per heavy atom. The SMILES string of the molecule is C=CCN(CC(=O)O)CC(CC)CCCC. The first kappa shape index (κ1) is 15.2. The van der Waals surface area contributed by atoms with E-state index in [2.05, 4.69) is 20.4 Å². The van der Waals surface area contributed by atoms with Crippen LogP contribution in [0.4, 0.5) is 0 Å². The molecule has 0 saturated heterocycles. The van der Waals surface area contributed by atoms with E-state index in [9.17, 15) is 4.79 Å². The van der Waals surface area contributed by atoms with Crippen LogP contribution in [-0.4, -0.2) is 35.6 Å². The summed E-state index contributed by atoms with van der Waals surface area (Å²) >= 11 is 0. The third kappa shape index (κ3) is 7.46. The maximum Gasteiger partial charge on any atom is 0.317 e. The van der Waals surface area contributed by atoms with Crippen molar-refractivity contribution in [3.63, 3.8) is 0 Å². The van der Waals surface area contributed by atoms with E-state index in [1.807, 2.05) is 4.90 Å². The highest BCUT2D eigenvalue weighted by Gasteiger charge is 2.13. The average molecular weight is 227 g/mol. The third-order valence-electron chi connectivity index (χ3n) is 2.81. The second kappa shape index (κ2) is 9.40. The van der Waals surface area contributed by atoms with Crippen molar-refractivity contribution in [2.75, 3.05) is 19.6 Å². The molecule has 94 valence electrons. The Morgan fingerprint density at radius 1 is 1.50 bits per heavy atom. The smallest absolute Gasteiger partial charge is 0.317 e. The van der Waals surface area contributed by atoms with Crippen molar-refractivity contribution in [3.05, 3.63) is 12.7 Å². The largest absolute Gasteiger partial charge is 0.480 e. The molecular weight excluding hydrogens is 202 g/mol. The molecule has 0 radical (unpaired) electrons. The predicted molar refractivity (Wildman–Crippen MR) is 67.6 cm³/mol. The highest BCUT2D eigenvalue weighted by Crippen LogP contribution is 2.14. The number of carboxylic acid groups (broad SMARTS) is 1. The Morgan fingerprint density at radius 2 is 2.19 bits per heavy atom. The second-order valence-corrected chi connectivity index (χ2v) is 4.29. The molecule has 0 aromatic rings. The summed E-state index contributed by atoms with van der Waals surface area (Å²) in [6.45, 7) is 9.68. The summed E-state index contributed by atoms with van der Waals surface area (Å²) < 4.78 is 0. The minimum Gasteiger partial charge on any atom is -0.480 e. The van der Waals surface area contributed by atoms with E-state index in [0.29, 0.717) is 12.5 Å². The van der Waals surface area contributed by atoms with Crippen LogP contribution in [0.2, 0.25) is 0 Å². The van der Waals surface area contributed by atoms with Crippen molar-refractivity contribution in [2.45, 2.75) is 39.5 Å². The number of carboxylic acids is 1. The zero-order valence-electron chi connectivity index (χ0n) is 10.6. The van der Waals surface area contributed by atoms with Crippen LogP contribution in [0.1, 0.15) is 39.5 Å². The zero-order valence-corrected chi connectivity index (χ0v) is 10.6. The van der Waals surface area contributed by atoms with Gasteiger partial charge in [0, 0.05) is 13.1 Å². The van der Waals surface area contributed by atoms with Crippen molar-refractivity contribution in [1.29, 1.82) is 0 Å². The van der Waals surface area contributed by atoms with Crippen molar-refractivity contribution < 1.29 is 9.90 Å². The van der Waals surface area contributed by atoms with Gasteiger partial charge in [0.1, 0.15) is 0 Å². The summed E-state index contributed by atoms with van der Waals surface area (Å²) in [7, 11) is 0. The minimum atomic E-state index is -0.757. The first-order valence-electron chi connectivity index (χ1n) is 6.19. The fraction of sp³-hybridized carbons (Fsp3) is 0.769. The van der Waals surface area contributed by atoms with Gasteiger partial charge in [-0.1, -0.05) is 39.2 Å². The molecule has 1 unspecified atom stereocenters. The summed E-state index contributed by atoms with van der Waals surface area (Å²) in [6, 6.07) is 0. The lowest BCUT2D eigenvalue weighted by Crippen LogP contribution is -2.34. The maximum absolute atomic E-state index is 10.7. The van der Waals surface area contributed by atoms with Crippen molar-refractivity contribution in [2.24, 2.45) is 5.92 Å². The second-order valence-electron chi connectivity index (χ2n) is 4.29. The lowest BCUT2D eigenvalue weighted by Gasteiger charge is -2.24. The maximum atomic E-state index is 10.7. The van der Waals surface area contributed by atoms with Crippen molar-refractivity contribution >= 4 is 5.97 Å². The fourth-order valence-corrected chi connectivity index (χ4v) is 1.86. The fourth-order valence-electron chi connectivity index (χ4n) is 1.86. The number of hydrogen-bond acceptors (Lipinski definition) is 2. The van der Waals surface area contributed by atoms with Gasteiger partial charge in [-0.05, 0) is 12.3 Å². The van der Waals surface area contributed by atoms with Crippen LogP contribution < -0.4 is 0 Å². The lowest BCUT2D eigenvalue weighted by atomic mass is 9.99. The van der Waals surface area contributed by atoms with Crippen LogP contribution in [0.5, 0.6) is 0 Å². The molecule has 0 aliphatic heterocycles. The Hall–Kier alpha value is -0.830. The van der Waals surface area contributed by atoms with Crippen LogP contribution in [0.15, 0.2) is 12.7 Å². The van der Waals surface area contributed by atoms with Gasteiger partial charge in [-0.2, -0.15) is 0 Å². The van der Waals surface area contributed by atoms with Gasteiger partial charge >= 0.3 is 5.97 Å². The van der Waals surface area contributed by atoms with Crippen LogP contribution in [0.25, 0.3) is 0 Å². The first-order valence-corrected chi connectivity index (χ1v) is 6.19. The van der Waals surface area contributed by atoms with E-state index in [4.69, 9.17) is 5.11 Å². The number of hydrogen-bond donors (Lipinski definition) is 1. The van der Waals surface area contributed by atoms with Gasteiger partial charge in [0.25, 0.3) is 0 Å². The summed E-state index contributed by atoms with van der Waals surface area (Å²) in [5.41, 5.74) is 0. The molecule has 16 heavy (non-hydrogen) atoms. The molecule has 3 nitrogen and oxygen atoms in total. The number of aliphatic carboxylic acids is 1. The van der Waals surface area contributed by atoms with E-state index in [0.717, 1.165) is 13.0 Å². The van der Waals surface area contributed by atoms with Gasteiger partial charge in [0.2, 0.25) is 0 Å². The van der Waals surface area contributed by atoms with Gasteiger partial charge in [0.15, 0.2) is 0 Å². The highest BCUT2D eigenvalue weighted by atomic mass is 16.4. The molecule has 0 bridgehead atoms. The molecule has 3 heteroatoms. The number of unbranched alkanes of at least 4 members (excludes halogenated alkanes) is 1. The number of carbonyl (C=O) groups is 1. The molecule has 1 N–H and O–H groups in total.